The van der Waals surface area contributed by atoms with E-state index >= 15 is 0 Å². The van der Waals surface area contributed by atoms with Gasteiger partial charge in [-0.2, -0.15) is 0 Å². The van der Waals surface area contributed by atoms with Crippen LogP contribution in [0.4, 0.5) is 5.69 Å². The fourth-order valence-corrected chi connectivity index (χ4v) is 3.27. The quantitative estimate of drug-likeness (QED) is 0.635. The fourth-order valence-electron chi connectivity index (χ4n) is 3.27. The molecule has 2 amide bonds. The van der Waals surface area contributed by atoms with Gasteiger partial charge < -0.3 is 14.8 Å². The molecule has 0 aromatic heterocycles. The number of carbonyl (C=O) groups is 2. The van der Waals surface area contributed by atoms with Crippen molar-refractivity contribution in [2.45, 2.75) is 33.8 Å². The average Bonchev–Trinajstić information content (AvgIpc) is 2.94. The summed E-state index contributed by atoms with van der Waals surface area (Å²) in [5.74, 6) is 0.0429. The van der Waals surface area contributed by atoms with E-state index in [-0.39, 0.29) is 30.2 Å². The molecule has 6 nitrogen and oxygen atoms in total. The number of anilines is 1. The summed E-state index contributed by atoms with van der Waals surface area (Å²) in [6.45, 7) is 8.76. The largest absolute Gasteiger partial charge is 0.494 e. The van der Waals surface area contributed by atoms with Crippen molar-refractivity contribution in [1.82, 2.24) is 4.90 Å². The highest BCUT2D eigenvalue weighted by Crippen LogP contribution is 2.32. The zero-order valence-electron chi connectivity index (χ0n) is 17.9. The molecule has 0 radical (unpaired) electrons. The van der Waals surface area contributed by atoms with Crippen molar-refractivity contribution < 1.29 is 19.1 Å². The van der Waals surface area contributed by atoms with Crippen LogP contribution in [-0.4, -0.2) is 42.6 Å². The number of para-hydroxylation sites is 1. The van der Waals surface area contributed by atoms with Gasteiger partial charge in [0.1, 0.15) is 11.4 Å². The zero-order chi connectivity index (χ0) is 21.7. The summed E-state index contributed by atoms with van der Waals surface area (Å²) in [4.78, 5) is 27.6. The number of benzene rings is 2. The van der Waals surface area contributed by atoms with E-state index in [0.29, 0.717) is 30.1 Å². The van der Waals surface area contributed by atoms with E-state index in [9.17, 15) is 9.59 Å². The van der Waals surface area contributed by atoms with Crippen LogP contribution in [0.25, 0.3) is 5.57 Å². The van der Waals surface area contributed by atoms with E-state index < -0.39 is 0 Å². The van der Waals surface area contributed by atoms with Crippen LogP contribution >= 0.6 is 0 Å². The molecular weight excluding hydrogens is 380 g/mol. The smallest absolute Gasteiger partial charge is 0.278 e. The maximum absolute atomic E-state index is 13.2. The third kappa shape index (κ3) is 4.71. The van der Waals surface area contributed by atoms with Gasteiger partial charge in [0.25, 0.3) is 11.8 Å². The molecule has 30 heavy (non-hydrogen) atoms. The van der Waals surface area contributed by atoms with Gasteiger partial charge in [0.2, 0.25) is 0 Å². The lowest BCUT2D eigenvalue weighted by Crippen LogP contribution is -2.35. The number of ether oxygens (including phenoxy) is 2. The molecule has 158 valence electrons. The summed E-state index contributed by atoms with van der Waals surface area (Å²) < 4.78 is 11.1. The van der Waals surface area contributed by atoms with E-state index in [4.69, 9.17) is 9.47 Å². The van der Waals surface area contributed by atoms with E-state index in [1.807, 2.05) is 52.0 Å². The molecule has 1 aliphatic heterocycles. The Morgan fingerprint density at radius 3 is 2.33 bits per heavy atom. The fraction of sp³-hybridized carbons (Fsp3) is 0.333. The van der Waals surface area contributed by atoms with Gasteiger partial charge in [0.05, 0.1) is 31.4 Å². The summed E-state index contributed by atoms with van der Waals surface area (Å²) in [6, 6.07) is 14.9. The standard InChI is InChI=1S/C24H28N2O4/c1-5-29-19-12-10-18(11-13-19)21-22(25-20-9-7-6-8-17(20)4)24(28)26(23(21)27)14-15-30-16(2)3/h6-13,16,25H,5,14-15H2,1-4H3. The third-order valence-corrected chi connectivity index (χ3v) is 4.79. The topological polar surface area (TPSA) is 67.9 Å². The second-order valence-corrected chi connectivity index (χ2v) is 7.33. The minimum Gasteiger partial charge on any atom is -0.494 e. The van der Waals surface area contributed by atoms with Gasteiger partial charge in [-0.15, -0.1) is 0 Å². The highest BCUT2D eigenvalue weighted by Gasteiger charge is 2.39. The van der Waals surface area contributed by atoms with Crippen molar-refractivity contribution in [3.63, 3.8) is 0 Å². The molecule has 2 aromatic rings. The van der Waals surface area contributed by atoms with Crippen LogP contribution in [0.2, 0.25) is 0 Å². The van der Waals surface area contributed by atoms with Gasteiger partial charge in [-0.3, -0.25) is 14.5 Å². The summed E-state index contributed by atoms with van der Waals surface area (Å²) in [7, 11) is 0. The Bertz CT molecular complexity index is 948. The maximum Gasteiger partial charge on any atom is 0.278 e. The SMILES string of the molecule is CCOc1ccc(C2=C(Nc3ccccc3C)C(=O)N(CCOC(C)C)C2=O)cc1. The molecule has 2 aromatic carbocycles. The Kier molecular flexibility index (Phi) is 6.90. The van der Waals surface area contributed by atoms with Crippen LogP contribution in [0.15, 0.2) is 54.2 Å². The second kappa shape index (κ2) is 9.59. The number of carbonyl (C=O) groups excluding carboxylic acids is 2. The molecule has 1 heterocycles. The minimum atomic E-state index is -0.348. The van der Waals surface area contributed by atoms with E-state index in [1.165, 1.54) is 4.90 Å². The Balaban J connectivity index is 1.96. The van der Waals surface area contributed by atoms with Gasteiger partial charge in [0, 0.05) is 5.69 Å². The molecule has 0 spiro atoms. The number of rotatable bonds is 9. The van der Waals surface area contributed by atoms with Crippen molar-refractivity contribution in [2.75, 3.05) is 25.1 Å². The molecule has 0 aliphatic carbocycles. The summed E-state index contributed by atoms with van der Waals surface area (Å²) in [6.07, 6.45) is 0.0286. The first-order chi connectivity index (χ1) is 14.4. The predicted molar refractivity (Wildman–Crippen MR) is 117 cm³/mol. The van der Waals surface area contributed by atoms with Gasteiger partial charge in [-0.25, -0.2) is 0 Å². The minimum absolute atomic E-state index is 0.0286. The van der Waals surface area contributed by atoms with Crippen LogP contribution in [0.1, 0.15) is 31.9 Å². The summed E-state index contributed by atoms with van der Waals surface area (Å²) >= 11 is 0. The number of amides is 2. The first-order valence-corrected chi connectivity index (χ1v) is 10.2. The molecule has 1 N–H and O–H groups in total. The lowest BCUT2D eigenvalue weighted by Gasteiger charge is -2.16. The number of nitrogens with one attached hydrogen (secondary N) is 1. The second-order valence-electron chi connectivity index (χ2n) is 7.33. The highest BCUT2D eigenvalue weighted by atomic mass is 16.5. The Morgan fingerprint density at radius 2 is 1.70 bits per heavy atom. The molecule has 3 rings (SSSR count). The van der Waals surface area contributed by atoms with Crippen LogP contribution < -0.4 is 10.1 Å². The van der Waals surface area contributed by atoms with Crippen LogP contribution in [0, 0.1) is 6.92 Å². The molecule has 1 aliphatic rings. The maximum atomic E-state index is 13.2. The van der Waals surface area contributed by atoms with E-state index in [0.717, 1.165) is 11.3 Å². The molecule has 0 fully saturated rings. The van der Waals surface area contributed by atoms with Gasteiger partial charge >= 0.3 is 0 Å². The molecule has 0 bridgehead atoms. The van der Waals surface area contributed by atoms with Gasteiger partial charge in [0.15, 0.2) is 0 Å². The first kappa shape index (κ1) is 21.6. The Hall–Kier alpha value is -3.12. The highest BCUT2D eigenvalue weighted by molar-refractivity contribution is 6.36. The first-order valence-electron chi connectivity index (χ1n) is 10.2. The molecule has 0 saturated heterocycles. The van der Waals surface area contributed by atoms with Crippen molar-refractivity contribution >= 4 is 23.1 Å². The normalized spacial score (nSPS) is 14.1. The van der Waals surface area contributed by atoms with Gasteiger partial charge in [-0.1, -0.05) is 30.3 Å². The van der Waals surface area contributed by atoms with Crippen molar-refractivity contribution in [3.05, 3.63) is 65.4 Å². The monoisotopic (exact) mass is 408 g/mol. The lowest BCUT2D eigenvalue weighted by molar-refractivity contribution is -0.137. The molecule has 0 saturated carbocycles. The Labute approximate surface area is 177 Å². The van der Waals surface area contributed by atoms with Crippen LogP contribution in [-0.2, 0) is 14.3 Å². The predicted octanol–water partition coefficient (Wildman–Crippen LogP) is 4.01. The van der Waals surface area contributed by atoms with Crippen molar-refractivity contribution in [2.24, 2.45) is 0 Å². The number of hydrogen-bond acceptors (Lipinski definition) is 5. The molecule has 0 unspecified atom stereocenters. The van der Waals surface area contributed by atoms with E-state index in [1.54, 1.807) is 24.3 Å². The Morgan fingerprint density at radius 1 is 1.00 bits per heavy atom. The third-order valence-electron chi connectivity index (χ3n) is 4.79. The molecule has 0 atom stereocenters. The lowest BCUT2D eigenvalue weighted by atomic mass is 10.0. The van der Waals surface area contributed by atoms with Crippen molar-refractivity contribution in [3.8, 4) is 5.75 Å². The van der Waals surface area contributed by atoms with E-state index in [2.05, 4.69) is 5.32 Å². The zero-order valence-corrected chi connectivity index (χ0v) is 17.9. The number of aryl methyl sites for hydroxylation is 1. The summed E-state index contributed by atoms with van der Waals surface area (Å²) in [5.41, 5.74) is 3.08. The number of imide groups is 1. The summed E-state index contributed by atoms with van der Waals surface area (Å²) in [5, 5.41) is 3.20. The van der Waals surface area contributed by atoms with Crippen LogP contribution in [0.3, 0.4) is 0 Å². The van der Waals surface area contributed by atoms with Crippen molar-refractivity contribution in [1.29, 1.82) is 0 Å². The molecule has 6 heteroatoms. The molecular formula is C24H28N2O4. The number of nitrogens with zero attached hydrogens (tertiary/aromatic N) is 1. The number of hydrogen-bond donors (Lipinski definition) is 1. The van der Waals surface area contributed by atoms with Gasteiger partial charge in [-0.05, 0) is 57.0 Å². The van der Waals surface area contributed by atoms with Crippen LogP contribution in [0.5, 0.6) is 5.75 Å². The average molecular weight is 408 g/mol.